The molecule has 1 heterocycles. The van der Waals surface area contributed by atoms with Crippen molar-refractivity contribution in [1.29, 1.82) is 0 Å². The molecular formula is C18H24F2O5. The van der Waals surface area contributed by atoms with Gasteiger partial charge in [0.2, 0.25) is 5.92 Å². The topological polar surface area (TPSA) is 61.8 Å². The molecule has 0 N–H and O–H groups in total. The maximum atomic E-state index is 12.7. The smallest absolute Gasteiger partial charge is 0.336 e. The Labute approximate surface area is 145 Å². The van der Waals surface area contributed by atoms with Gasteiger partial charge in [-0.15, -0.1) is 0 Å². The molecule has 7 heteroatoms. The molecule has 0 aromatic rings. The van der Waals surface area contributed by atoms with Crippen molar-refractivity contribution in [3.8, 4) is 0 Å². The van der Waals surface area contributed by atoms with Crippen LogP contribution >= 0.6 is 0 Å². The number of carbonyl (C=O) groups excluding carboxylic acids is 2. The SMILES string of the molecule is C=C(COCCCC(C)(F)F)C(=O)OC1CC2CC1C1COC(=O)C21. The van der Waals surface area contributed by atoms with E-state index in [0.717, 1.165) is 13.3 Å². The first-order valence-electron chi connectivity index (χ1n) is 8.77. The van der Waals surface area contributed by atoms with Crippen LogP contribution in [0.15, 0.2) is 12.2 Å². The molecule has 0 aromatic heterocycles. The van der Waals surface area contributed by atoms with Crippen molar-refractivity contribution in [3.05, 3.63) is 12.2 Å². The van der Waals surface area contributed by atoms with Crippen LogP contribution < -0.4 is 0 Å². The minimum absolute atomic E-state index is 0.0248. The Bertz CT molecular complexity index is 556. The first-order valence-corrected chi connectivity index (χ1v) is 8.77. The third-order valence-electron chi connectivity index (χ3n) is 5.52. The summed E-state index contributed by atoms with van der Waals surface area (Å²) in [6.07, 6.45) is 1.35. The third kappa shape index (κ3) is 4.02. The maximum absolute atomic E-state index is 12.7. The molecule has 3 aliphatic rings. The molecule has 2 bridgehead atoms. The number of carbonyl (C=O) groups is 2. The number of fused-ring (bicyclic) bond motifs is 5. The van der Waals surface area contributed by atoms with Crippen LogP contribution in [0.3, 0.4) is 0 Å². The quantitative estimate of drug-likeness (QED) is 0.379. The molecule has 140 valence electrons. The van der Waals surface area contributed by atoms with E-state index in [-0.39, 0.29) is 67.4 Å². The molecule has 3 rings (SSSR count). The standard InChI is InChI=1S/C18H24F2O5/c1-10(8-23-5-3-4-18(2,19)20)16(21)25-14-7-11-6-12(14)13-9-24-17(22)15(11)13/h11-15H,1,3-9H2,2H3. The number of cyclic esters (lactones) is 1. The van der Waals surface area contributed by atoms with Gasteiger partial charge in [-0.25, -0.2) is 13.6 Å². The van der Waals surface area contributed by atoms with Gasteiger partial charge in [0.05, 0.1) is 24.7 Å². The van der Waals surface area contributed by atoms with Gasteiger partial charge in [0.15, 0.2) is 0 Å². The Hall–Kier alpha value is -1.50. The van der Waals surface area contributed by atoms with Gasteiger partial charge >= 0.3 is 11.9 Å². The van der Waals surface area contributed by atoms with Crippen LogP contribution in [-0.4, -0.2) is 43.8 Å². The van der Waals surface area contributed by atoms with E-state index in [0.29, 0.717) is 13.0 Å². The fourth-order valence-electron chi connectivity index (χ4n) is 4.39. The fraction of sp³-hybridized carbons (Fsp3) is 0.778. The van der Waals surface area contributed by atoms with E-state index in [2.05, 4.69) is 6.58 Å². The molecule has 25 heavy (non-hydrogen) atoms. The summed E-state index contributed by atoms with van der Waals surface area (Å²) < 4.78 is 41.3. The summed E-state index contributed by atoms with van der Waals surface area (Å²) in [6, 6.07) is 0. The van der Waals surface area contributed by atoms with Crippen LogP contribution in [0.25, 0.3) is 0 Å². The highest BCUT2D eigenvalue weighted by molar-refractivity contribution is 5.88. The fourth-order valence-corrected chi connectivity index (χ4v) is 4.39. The molecule has 1 saturated heterocycles. The highest BCUT2D eigenvalue weighted by atomic mass is 19.3. The van der Waals surface area contributed by atoms with Crippen molar-refractivity contribution >= 4 is 11.9 Å². The summed E-state index contributed by atoms with van der Waals surface area (Å²) in [5.74, 6) is -2.79. The van der Waals surface area contributed by atoms with Crippen LogP contribution in [0.4, 0.5) is 8.78 Å². The van der Waals surface area contributed by atoms with Crippen molar-refractivity contribution in [2.75, 3.05) is 19.8 Å². The summed E-state index contributed by atoms with van der Waals surface area (Å²) in [5, 5.41) is 0. The molecule has 5 unspecified atom stereocenters. The Morgan fingerprint density at radius 3 is 2.84 bits per heavy atom. The highest BCUT2D eigenvalue weighted by Crippen LogP contribution is 2.56. The lowest BCUT2D eigenvalue weighted by Crippen LogP contribution is -2.35. The molecule has 0 aromatic carbocycles. The van der Waals surface area contributed by atoms with Gasteiger partial charge < -0.3 is 14.2 Å². The summed E-state index contributed by atoms with van der Waals surface area (Å²) >= 11 is 0. The second kappa shape index (κ2) is 7.02. The van der Waals surface area contributed by atoms with E-state index in [1.807, 2.05) is 0 Å². The van der Waals surface area contributed by atoms with Crippen LogP contribution in [-0.2, 0) is 23.8 Å². The van der Waals surface area contributed by atoms with Gasteiger partial charge in [0.25, 0.3) is 0 Å². The number of esters is 2. The zero-order valence-electron chi connectivity index (χ0n) is 14.3. The predicted octanol–water partition coefficient (Wildman–Crippen LogP) is 2.74. The zero-order valence-corrected chi connectivity index (χ0v) is 14.3. The molecule has 3 fully saturated rings. The van der Waals surface area contributed by atoms with E-state index < -0.39 is 11.9 Å². The summed E-state index contributed by atoms with van der Waals surface area (Å²) in [5.41, 5.74) is 0.182. The Balaban J connectivity index is 1.38. The van der Waals surface area contributed by atoms with E-state index >= 15 is 0 Å². The van der Waals surface area contributed by atoms with Crippen LogP contribution in [0.5, 0.6) is 0 Å². The average Bonchev–Trinajstić information content (AvgIpc) is 3.18. The second-order valence-corrected chi connectivity index (χ2v) is 7.49. The van der Waals surface area contributed by atoms with E-state index in [1.54, 1.807) is 0 Å². The van der Waals surface area contributed by atoms with Gasteiger partial charge in [-0.05, 0) is 32.1 Å². The summed E-state index contributed by atoms with van der Waals surface area (Å²) in [6.45, 7) is 5.07. The van der Waals surface area contributed by atoms with Crippen LogP contribution in [0, 0.1) is 23.7 Å². The lowest BCUT2D eigenvalue weighted by atomic mass is 9.80. The van der Waals surface area contributed by atoms with Gasteiger partial charge in [-0.2, -0.15) is 0 Å². The van der Waals surface area contributed by atoms with E-state index in [4.69, 9.17) is 14.2 Å². The van der Waals surface area contributed by atoms with Gasteiger partial charge in [-0.1, -0.05) is 6.58 Å². The van der Waals surface area contributed by atoms with Gasteiger partial charge in [0, 0.05) is 24.9 Å². The van der Waals surface area contributed by atoms with Crippen molar-refractivity contribution < 1.29 is 32.6 Å². The molecule has 1 aliphatic heterocycles. The largest absolute Gasteiger partial charge is 0.465 e. The number of halogens is 2. The predicted molar refractivity (Wildman–Crippen MR) is 83.8 cm³/mol. The number of hydrogen-bond donors (Lipinski definition) is 0. The first kappa shape index (κ1) is 18.3. The summed E-state index contributed by atoms with van der Waals surface area (Å²) in [7, 11) is 0. The van der Waals surface area contributed by atoms with Crippen LogP contribution in [0.1, 0.15) is 32.6 Å². The van der Waals surface area contributed by atoms with Gasteiger partial charge in [0.1, 0.15) is 6.10 Å². The molecule has 0 amide bonds. The monoisotopic (exact) mass is 358 g/mol. The maximum Gasteiger partial charge on any atom is 0.336 e. The van der Waals surface area contributed by atoms with Gasteiger partial charge in [-0.3, -0.25) is 4.79 Å². The highest BCUT2D eigenvalue weighted by Gasteiger charge is 2.60. The van der Waals surface area contributed by atoms with Crippen molar-refractivity contribution in [2.45, 2.75) is 44.6 Å². The minimum atomic E-state index is -2.70. The lowest BCUT2D eigenvalue weighted by Gasteiger charge is -2.28. The molecule has 2 aliphatic carbocycles. The van der Waals surface area contributed by atoms with Crippen molar-refractivity contribution in [3.63, 3.8) is 0 Å². The lowest BCUT2D eigenvalue weighted by molar-refractivity contribution is -0.149. The first-order chi connectivity index (χ1) is 11.8. The minimum Gasteiger partial charge on any atom is -0.465 e. The Morgan fingerprint density at radius 2 is 2.12 bits per heavy atom. The summed E-state index contributed by atoms with van der Waals surface area (Å²) in [4.78, 5) is 23.8. The number of hydrogen-bond acceptors (Lipinski definition) is 5. The molecule has 5 atom stereocenters. The van der Waals surface area contributed by atoms with E-state index in [9.17, 15) is 18.4 Å². The molecule has 2 saturated carbocycles. The van der Waals surface area contributed by atoms with E-state index in [1.165, 1.54) is 0 Å². The molecular weight excluding hydrogens is 334 g/mol. The Morgan fingerprint density at radius 1 is 1.36 bits per heavy atom. The zero-order chi connectivity index (χ0) is 18.2. The number of rotatable bonds is 8. The number of alkyl halides is 2. The van der Waals surface area contributed by atoms with Crippen molar-refractivity contribution in [2.24, 2.45) is 23.7 Å². The normalized spacial score (nSPS) is 33.2. The second-order valence-electron chi connectivity index (χ2n) is 7.49. The molecule has 0 radical (unpaired) electrons. The molecule has 0 spiro atoms. The average molecular weight is 358 g/mol. The number of ether oxygens (including phenoxy) is 3. The third-order valence-corrected chi connectivity index (χ3v) is 5.52. The Kier molecular flexibility index (Phi) is 5.14. The molecule has 5 nitrogen and oxygen atoms in total. The van der Waals surface area contributed by atoms with Crippen molar-refractivity contribution in [1.82, 2.24) is 0 Å². The van der Waals surface area contributed by atoms with Crippen LogP contribution in [0.2, 0.25) is 0 Å².